The number of urea groups is 1. The molecule has 24 heavy (non-hydrogen) atoms. The number of piperidine rings is 2. The molecule has 3 aliphatic heterocycles. The fourth-order valence-corrected chi connectivity index (χ4v) is 4.22. The molecule has 0 aromatic rings. The standard InChI is InChI=1S/C12H18N4O7S/c17-11(14-22-10-7-3-13-4-8(7)10)9-2-1-6-5-15(9)12(18)16(6)23-24(19,20)21/h6-10,13H,1-5H2,(H,14,17)(H,19,20,21). The van der Waals surface area contributed by atoms with Crippen molar-refractivity contribution in [2.24, 2.45) is 11.8 Å². The first-order valence-electron chi connectivity index (χ1n) is 7.78. The first-order valence-corrected chi connectivity index (χ1v) is 9.15. The number of hydroxylamine groups is 3. The van der Waals surface area contributed by atoms with Crippen molar-refractivity contribution < 1.29 is 31.7 Å². The van der Waals surface area contributed by atoms with Gasteiger partial charge in [-0.2, -0.15) is 13.5 Å². The second-order valence-electron chi connectivity index (χ2n) is 6.54. The summed E-state index contributed by atoms with van der Waals surface area (Å²) < 4.78 is 34.7. The summed E-state index contributed by atoms with van der Waals surface area (Å²) in [6.45, 7) is 1.91. The highest BCUT2D eigenvalue weighted by atomic mass is 32.3. The summed E-state index contributed by atoms with van der Waals surface area (Å²) in [4.78, 5) is 31.2. The van der Waals surface area contributed by atoms with E-state index in [0.717, 1.165) is 13.1 Å². The first-order chi connectivity index (χ1) is 11.3. The maximum absolute atomic E-state index is 12.3. The van der Waals surface area contributed by atoms with Crippen LogP contribution in [0.2, 0.25) is 0 Å². The van der Waals surface area contributed by atoms with Crippen molar-refractivity contribution in [2.45, 2.75) is 31.0 Å². The van der Waals surface area contributed by atoms with Gasteiger partial charge in [-0.25, -0.2) is 10.3 Å². The van der Waals surface area contributed by atoms with E-state index in [1.165, 1.54) is 4.90 Å². The van der Waals surface area contributed by atoms with Crippen LogP contribution in [-0.2, 0) is 24.3 Å². The third kappa shape index (κ3) is 2.73. The van der Waals surface area contributed by atoms with Gasteiger partial charge in [0.05, 0.1) is 12.1 Å². The lowest BCUT2D eigenvalue weighted by Crippen LogP contribution is -2.50. The summed E-state index contributed by atoms with van der Waals surface area (Å²) in [6.07, 6.45) is 0.755. The van der Waals surface area contributed by atoms with E-state index in [9.17, 15) is 18.0 Å². The molecule has 3 saturated heterocycles. The van der Waals surface area contributed by atoms with Gasteiger partial charge in [0.25, 0.3) is 5.91 Å². The van der Waals surface area contributed by atoms with Gasteiger partial charge in [-0.1, -0.05) is 0 Å². The zero-order chi connectivity index (χ0) is 17.1. The molecule has 0 spiro atoms. The molecular formula is C12H18N4O7S. The molecule has 0 radical (unpaired) electrons. The Labute approximate surface area is 138 Å². The zero-order valence-corrected chi connectivity index (χ0v) is 13.4. The second-order valence-corrected chi connectivity index (χ2v) is 7.55. The number of fused-ring (bicyclic) bond motifs is 3. The monoisotopic (exact) mass is 362 g/mol. The van der Waals surface area contributed by atoms with Crippen molar-refractivity contribution >= 4 is 22.3 Å². The van der Waals surface area contributed by atoms with E-state index >= 15 is 0 Å². The molecule has 12 heteroatoms. The molecule has 3 amide bonds. The van der Waals surface area contributed by atoms with Crippen LogP contribution >= 0.6 is 0 Å². The summed E-state index contributed by atoms with van der Waals surface area (Å²) in [5.41, 5.74) is 2.42. The van der Waals surface area contributed by atoms with E-state index in [1.54, 1.807) is 0 Å². The van der Waals surface area contributed by atoms with E-state index in [0.29, 0.717) is 29.7 Å². The fourth-order valence-electron chi connectivity index (χ4n) is 3.83. The van der Waals surface area contributed by atoms with Gasteiger partial charge in [-0.3, -0.25) is 14.2 Å². The van der Waals surface area contributed by atoms with Gasteiger partial charge >= 0.3 is 16.4 Å². The third-order valence-electron chi connectivity index (χ3n) is 5.11. The molecule has 0 aromatic heterocycles. The third-order valence-corrected chi connectivity index (χ3v) is 5.46. The van der Waals surface area contributed by atoms with Crippen LogP contribution in [0.15, 0.2) is 0 Å². The molecule has 2 bridgehead atoms. The summed E-state index contributed by atoms with van der Waals surface area (Å²) in [6, 6.07) is -2.03. The van der Waals surface area contributed by atoms with Crippen molar-refractivity contribution in [1.82, 2.24) is 20.8 Å². The predicted molar refractivity (Wildman–Crippen MR) is 76.3 cm³/mol. The maximum Gasteiger partial charge on any atom is 0.418 e. The lowest BCUT2D eigenvalue weighted by Gasteiger charge is -2.29. The molecule has 3 N–H and O–H groups in total. The predicted octanol–water partition coefficient (Wildman–Crippen LogP) is -1.74. The smallest absolute Gasteiger partial charge is 0.316 e. The molecule has 0 aromatic carbocycles. The van der Waals surface area contributed by atoms with E-state index in [1.807, 2.05) is 0 Å². The number of nitrogens with zero attached hydrogens (tertiary/aromatic N) is 2. The lowest BCUT2D eigenvalue weighted by molar-refractivity contribution is -0.140. The Morgan fingerprint density at radius 3 is 2.67 bits per heavy atom. The molecule has 4 rings (SSSR count). The normalized spacial score (nSPS) is 37.5. The van der Waals surface area contributed by atoms with Crippen LogP contribution in [0, 0.1) is 11.8 Å². The number of carbonyl (C=O) groups excluding carboxylic acids is 2. The highest BCUT2D eigenvalue weighted by Gasteiger charge is 2.55. The Morgan fingerprint density at radius 2 is 2.00 bits per heavy atom. The molecule has 3 heterocycles. The molecule has 11 nitrogen and oxygen atoms in total. The van der Waals surface area contributed by atoms with Gasteiger partial charge in [0.2, 0.25) is 0 Å². The van der Waals surface area contributed by atoms with Crippen molar-refractivity contribution in [1.29, 1.82) is 0 Å². The molecule has 4 fully saturated rings. The highest BCUT2D eigenvalue weighted by molar-refractivity contribution is 7.80. The summed E-state index contributed by atoms with van der Waals surface area (Å²) >= 11 is 0. The molecule has 4 atom stereocenters. The van der Waals surface area contributed by atoms with Crippen LogP contribution in [0.3, 0.4) is 0 Å². The van der Waals surface area contributed by atoms with Crippen LogP contribution < -0.4 is 10.8 Å². The molecular weight excluding hydrogens is 344 g/mol. The number of carbonyl (C=O) groups is 2. The van der Waals surface area contributed by atoms with Crippen LogP contribution in [0.5, 0.6) is 0 Å². The average molecular weight is 362 g/mol. The molecule has 1 aliphatic carbocycles. The Morgan fingerprint density at radius 1 is 1.29 bits per heavy atom. The summed E-state index contributed by atoms with van der Waals surface area (Å²) in [5.74, 6) is 0.412. The Hall–Kier alpha value is -1.47. The number of hydrogen-bond acceptors (Lipinski definition) is 7. The minimum Gasteiger partial charge on any atom is -0.316 e. The SMILES string of the molecule is O=C(NOC1C2CNCC21)C1CCC2CN1C(=O)N2OS(=O)(=O)O. The largest absolute Gasteiger partial charge is 0.418 e. The lowest BCUT2D eigenvalue weighted by atomic mass is 10.0. The molecule has 1 saturated carbocycles. The zero-order valence-electron chi connectivity index (χ0n) is 12.6. The number of rotatable bonds is 5. The Bertz CT molecular complexity index is 660. The number of amides is 3. The second kappa shape index (κ2) is 5.52. The Kier molecular flexibility index (Phi) is 3.69. The van der Waals surface area contributed by atoms with Crippen molar-refractivity contribution in [3.05, 3.63) is 0 Å². The molecule has 4 aliphatic rings. The van der Waals surface area contributed by atoms with Crippen molar-refractivity contribution in [3.8, 4) is 0 Å². The highest BCUT2D eigenvalue weighted by Crippen LogP contribution is 2.43. The number of nitrogens with one attached hydrogen (secondary N) is 2. The number of hydrogen-bond donors (Lipinski definition) is 3. The first kappa shape index (κ1) is 16.0. The van der Waals surface area contributed by atoms with Crippen LogP contribution in [0.25, 0.3) is 0 Å². The topological polar surface area (TPSA) is 138 Å². The van der Waals surface area contributed by atoms with E-state index < -0.39 is 34.4 Å². The van der Waals surface area contributed by atoms with Gasteiger partial charge in [-0.05, 0) is 12.8 Å². The Balaban J connectivity index is 1.35. The fraction of sp³-hybridized carbons (Fsp3) is 0.833. The minimum absolute atomic E-state index is 0.0141. The summed E-state index contributed by atoms with van der Waals surface area (Å²) in [7, 11) is -4.79. The van der Waals surface area contributed by atoms with Crippen LogP contribution in [0.4, 0.5) is 4.79 Å². The van der Waals surface area contributed by atoms with E-state index in [2.05, 4.69) is 15.1 Å². The van der Waals surface area contributed by atoms with Gasteiger partial charge in [0, 0.05) is 31.5 Å². The quantitative estimate of drug-likeness (QED) is 0.387. The minimum atomic E-state index is -4.79. The average Bonchev–Trinajstić information content (AvgIpc) is 2.86. The molecule has 4 unspecified atom stereocenters. The van der Waals surface area contributed by atoms with E-state index in [4.69, 9.17) is 9.39 Å². The van der Waals surface area contributed by atoms with Crippen molar-refractivity contribution in [2.75, 3.05) is 19.6 Å². The van der Waals surface area contributed by atoms with Crippen LogP contribution in [-0.4, -0.2) is 72.7 Å². The van der Waals surface area contributed by atoms with E-state index in [-0.39, 0.29) is 12.6 Å². The molecule has 134 valence electrons. The van der Waals surface area contributed by atoms with Crippen LogP contribution in [0.1, 0.15) is 12.8 Å². The van der Waals surface area contributed by atoms with Gasteiger partial charge < -0.3 is 10.2 Å². The van der Waals surface area contributed by atoms with Crippen molar-refractivity contribution in [3.63, 3.8) is 0 Å². The van der Waals surface area contributed by atoms with Gasteiger partial charge in [-0.15, -0.1) is 4.28 Å². The van der Waals surface area contributed by atoms with Gasteiger partial charge in [0.15, 0.2) is 0 Å². The van der Waals surface area contributed by atoms with Gasteiger partial charge in [0.1, 0.15) is 6.04 Å². The maximum atomic E-state index is 12.3. The summed E-state index contributed by atoms with van der Waals surface area (Å²) in [5, 5.41) is 3.83.